The van der Waals surface area contributed by atoms with Gasteiger partial charge in [0.05, 0.1) is 6.61 Å². The molecule has 0 aromatic heterocycles. The Morgan fingerprint density at radius 1 is 0.348 bits per heavy atom. The Bertz CT molecular complexity index is 1090. The molecule has 0 aliphatic rings. The van der Waals surface area contributed by atoms with Gasteiger partial charge < -0.3 is 14.2 Å². The third-order valence-electron chi connectivity index (χ3n) is 12.9. The first-order valence-electron chi connectivity index (χ1n) is 29.2. The van der Waals surface area contributed by atoms with Crippen molar-refractivity contribution in [2.24, 2.45) is 0 Å². The fraction of sp³-hybridized carbons (Fsp3) is 0.836. The summed E-state index contributed by atoms with van der Waals surface area (Å²) in [5, 5.41) is 0. The van der Waals surface area contributed by atoms with E-state index in [0.29, 0.717) is 19.4 Å². The first-order valence-corrected chi connectivity index (χ1v) is 29.2. The van der Waals surface area contributed by atoms with E-state index in [1.54, 1.807) is 0 Å². The fourth-order valence-electron chi connectivity index (χ4n) is 8.56. The highest BCUT2D eigenvalue weighted by Crippen LogP contribution is 2.17. The molecule has 0 heterocycles. The van der Waals surface area contributed by atoms with Crippen LogP contribution < -0.4 is 0 Å². The van der Waals surface area contributed by atoms with Crippen molar-refractivity contribution in [3.8, 4) is 0 Å². The largest absolute Gasteiger partial charge is 0.462 e. The van der Waals surface area contributed by atoms with Crippen molar-refractivity contribution in [1.82, 2.24) is 0 Å². The van der Waals surface area contributed by atoms with Crippen LogP contribution in [0.25, 0.3) is 0 Å². The van der Waals surface area contributed by atoms with Gasteiger partial charge in [-0.15, -0.1) is 0 Å². The molecule has 0 aromatic carbocycles. The number of carbonyl (C=O) groups excluding carboxylic acids is 2. The van der Waals surface area contributed by atoms with Crippen LogP contribution in [0.4, 0.5) is 0 Å². The van der Waals surface area contributed by atoms with Crippen LogP contribution in [0.5, 0.6) is 0 Å². The average Bonchev–Trinajstić information content (AvgIpc) is 3.32. The molecule has 0 aromatic rings. The number of esters is 2. The number of rotatable bonds is 54. The monoisotopic (exact) mass is 925 g/mol. The van der Waals surface area contributed by atoms with Crippen LogP contribution in [0.2, 0.25) is 0 Å². The molecule has 0 aliphatic carbocycles. The Morgan fingerprint density at radius 3 is 1.09 bits per heavy atom. The predicted octanol–water partition coefficient (Wildman–Crippen LogP) is 19.9. The lowest BCUT2D eigenvalue weighted by Gasteiger charge is -2.18. The number of ether oxygens (including phenoxy) is 3. The number of hydrogen-bond donors (Lipinski definition) is 0. The van der Waals surface area contributed by atoms with Crippen molar-refractivity contribution in [3.63, 3.8) is 0 Å². The van der Waals surface area contributed by atoms with E-state index in [-0.39, 0.29) is 25.2 Å². The summed E-state index contributed by atoms with van der Waals surface area (Å²) in [7, 11) is 0. The van der Waals surface area contributed by atoms with Gasteiger partial charge in [0.25, 0.3) is 0 Å². The van der Waals surface area contributed by atoms with Gasteiger partial charge in [0, 0.05) is 19.4 Å². The maximum Gasteiger partial charge on any atom is 0.306 e. The minimum atomic E-state index is -0.542. The minimum absolute atomic E-state index is 0.0829. The minimum Gasteiger partial charge on any atom is -0.462 e. The van der Waals surface area contributed by atoms with Gasteiger partial charge in [-0.1, -0.05) is 281 Å². The van der Waals surface area contributed by atoms with Crippen molar-refractivity contribution >= 4 is 11.9 Å². The van der Waals surface area contributed by atoms with E-state index in [2.05, 4.69) is 69.4 Å². The number of allylic oxidation sites excluding steroid dienone is 8. The van der Waals surface area contributed by atoms with Gasteiger partial charge in [-0.2, -0.15) is 0 Å². The standard InChI is InChI=1S/C61H112O5/c1-4-7-10-13-16-19-22-25-27-29-31-32-34-37-39-42-45-48-51-54-60(62)65-58-59(66-61(63)55-52-49-46-43-40-36-24-21-18-15-12-9-6-3)57-64-56-53-50-47-44-41-38-35-33-30-28-26-23-20-17-14-11-8-5-2/h8,11,17,20,26,28,33,35,59H,4-7,9-10,12-16,18-19,21-25,27,29-32,34,36-58H2,1-3H3/b11-8-,20-17-,28-26-,35-33-. The molecule has 0 aliphatic heterocycles. The lowest BCUT2D eigenvalue weighted by Crippen LogP contribution is -2.30. The molecule has 1 unspecified atom stereocenters. The molecule has 0 radical (unpaired) electrons. The molecule has 0 saturated carbocycles. The van der Waals surface area contributed by atoms with E-state index in [4.69, 9.17) is 14.2 Å². The zero-order chi connectivity index (χ0) is 47.7. The average molecular weight is 926 g/mol. The molecule has 5 nitrogen and oxygen atoms in total. The smallest absolute Gasteiger partial charge is 0.306 e. The quantitative estimate of drug-likeness (QED) is 0.0345. The van der Waals surface area contributed by atoms with Crippen molar-refractivity contribution < 1.29 is 23.8 Å². The Balaban J connectivity index is 4.23. The third kappa shape index (κ3) is 54.5. The molecular weight excluding hydrogens is 813 g/mol. The zero-order valence-electron chi connectivity index (χ0n) is 44.5. The SMILES string of the molecule is CC/C=C\C/C=C\C/C=C\C/C=C\CCCCCCCOCC(COC(=O)CCCCCCCCCCCCCCCCCCCCC)OC(=O)CCCCCCCCCCCCCCC. The second-order valence-electron chi connectivity index (χ2n) is 19.5. The van der Waals surface area contributed by atoms with E-state index in [1.165, 1.54) is 199 Å². The number of hydrogen-bond acceptors (Lipinski definition) is 5. The Hall–Kier alpha value is -2.14. The van der Waals surface area contributed by atoms with Crippen LogP contribution in [0.15, 0.2) is 48.6 Å². The maximum absolute atomic E-state index is 12.8. The first-order chi connectivity index (χ1) is 32.6. The summed E-state index contributed by atoms with van der Waals surface area (Å²) in [5.74, 6) is -0.389. The lowest BCUT2D eigenvalue weighted by molar-refractivity contribution is -0.163. The van der Waals surface area contributed by atoms with Gasteiger partial charge in [-0.25, -0.2) is 0 Å². The van der Waals surface area contributed by atoms with Crippen LogP contribution in [0, 0.1) is 0 Å². The molecule has 0 saturated heterocycles. The molecular formula is C61H112O5. The summed E-state index contributed by atoms with van der Waals surface area (Å²) in [4.78, 5) is 25.5. The normalized spacial score (nSPS) is 12.5. The Kier molecular flexibility index (Phi) is 55.3. The summed E-state index contributed by atoms with van der Waals surface area (Å²) in [6.07, 6.45) is 71.3. The molecule has 0 spiro atoms. The molecule has 0 bridgehead atoms. The first kappa shape index (κ1) is 63.9. The molecule has 1 atom stereocenters. The van der Waals surface area contributed by atoms with Gasteiger partial charge in [0.1, 0.15) is 6.61 Å². The van der Waals surface area contributed by atoms with Crippen molar-refractivity contribution in [2.45, 2.75) is 309 Å². The Labute approximate surface area is 412 Å². The van der Waals surface area contributed by atoms with E-state index in [1.807, 2.05) is 0 Å². The van der Waals surface area contributed by atoms with Gasteiger partial charge in [0.2, 0.25) is 0 Å². The molecule has 0 fully saturated rings. The van der Waals surface area contributed by atoms with Crippen LogP contribution in [0.1, 0.15) is 303 Å². The van der Waals surface area contributed by atoms with Crippen LogP contribution in [-0.4, -0.2) is 37.9 Å². The van der Waals surface area contributed by atoms with Gasteiger partial charge in [0.15, 0.2) is 6.10 Å². The van der Waals surface area contributed by atoms with Gasteiger partial charge in [-0.05, 0) is 57.8 Å². The van der Waals surface area contributed by atoms with Crippen LogP contribution >= 0.6 is 0 Å². The predicted molar refractivity (Wildman–Crippen MR) is 288 cm³/mol. The van der Waals surface area contributed by atoms with E-state index in [0.717, 1.165) is 70.6 Å². The van der Waals surface area contributed by atoms with E-state index >= 15 is 0 Å². The zero-order valence-corrected chi connectivity index (χ0v) is 44.5. The van der Waals surface area contributed by atoms with E-state index < -0.39 is 6.10 Å². The highest BCUT2D eigenvalue weighted by Gasteiger charge is 2.17. The lowest BCUT2D eigenvalue weighted by atomic mass is 10.0. The fourth-order valence-corrected chi connectivity index (χ4v) is 8.56. The Morgan fingerprint density at radius 2 is 0.682 bits per heavy atom. The van der Waals surface area contributed by atoms with Crippen molar-refractivity contribution in [2.75, 3.05) is 19.8 Å². The second-order valence-corrected chi connectivity index (χ2v) is 19.5. The van der Waals surface area contributed by atoms with E-state index in [9.17, 15) is 9.59 Å². The summed E-state index contributed by atoms with van der Waals surface area (Å²) in [5.41, 5.74) is 0. The van der Waals surface area contributed by atoms with Crippen LogP contribution in [0.3, 0.4) is 0 Å². The molecule has 0 amide bonds. The summed E-state index contributed by atoms with van der Waals surface area (Å²) in [6.45, 7) is 7.73. The van der Waals surface area contributed by atoms with Crippen molar-refractivity contribution in [3.05, 3.63) is 48.6 Å². The number of unbranched alkanes of at least 4 members (excludes halogenated alkanes) is 35. The highest BCUT2D eigenvalue weighted by atomic mass is 16.6. The summed E-state index contributed by atoms with van der Waals surface area (Å²) >= 11 is 0. The number of carbonyl (C=O) groups is 2. The molecule has 66 heavy (non-hydrogen) atoms. The molecule has 0 rings (SSSR count). The van der Waals surface area contributed by atoms with Gasteiger partial charge >= 0.3 is 11.9 Å². The maximum atomic E-state index is 12.8. The highest BCUT2D eigenvalue weighted by molar-refractivity contribution is 5.70. The summed E-state index contributed by atoms with van der Waals surface area (Å²) in [6, 6.07) is 0. The molecule has 386 valence electrons. The third-order valence-corrected chi connectivity index (χ3v) is 12.9. The summed E-state index contributed by atoms with van der Waals surface area (Å²) < 4.78 is 17.5. The van der Waals surface area contributed by atoms with Crippen LogP contribution in [-0.2, 0) is 23.8 Å². The van der Waals surface area contributed by atoms with Crippen molar-refractivity contribution in [1.29, 1.82) is 0 Å². The molecule has 0 N–H and O–H groups in total. The topological polar surface area (TPSA) is 61.8 Å². The molecule has 5 heteroatoms. The second kappa shape index (κ2) is 57.2. The van der Waals surface area contributed by atoms with Gasteiger partial charge in [-0.3, -0.25) is 9.59 Å².